The highest BCUT2D eigenvalue weighted by molar-refractivity contribution is 5.79. The van der Waals surface area contributed by atoms with E-state index in [0.29, 0.717) is 29.4 Å². The zero-order valence-electron chi connectivity index (χ0n) is 14.4. The van der Waals surface area contributed by atoms with Crippen molar-refractivity contribution >= 4 is 17.7 Å². The molecule has 11 nitrogen and oxygen atoms in total. The van der Waals surface area contributed by atoms with Gasteiger partial charge in [0.1, 0.15) is 17.3 Å². The minimum absolute atomic E-state index is 0.0179. The van der Waals surface area contributed by atoms with Gasteiger partial charge in [0.2, 0.25) is 0 Å². The van der Waals surface area contributed by atoms with Gasteiger partial charge in [0.05, 0.1) is 23.9 Å². The topological polar surface area (TPSA) is 147 Å². The Bertz CT molecular complexity index is 968. The number of nitro groups is 1. The van der Waals surface area contributed by atoms with Gasteiger partial charge in [-0.25, -0.2) is 14.6 Å². The van der Waals surface area contributed by atoms with Gasteiger partial charge in [-0.3, -0.25) is 10.1 Å². The molecule has 1 aromatic carbocycles. The molecule has 0 amide bonds. The summed E-state index contributed by atoms with van der Waals surface area (Å²) < 4.78 is 1.60. The summed E-state index contributed by atoms with van der Waals surface area (Å²) in [5, 5.41) is 22.4. The molecule has 27 heavy (non-hydrogen) atoms. The van der Waals surface area contributed by atoms with Crippen LogP contribution < -0.4 is 5.73 Å². The first kappa shape index (κ1) is 17.9. The van der Waals surface area contributed by atoms with Gasteiger partial charge in [-0.15, -0.1) is 5.10 Å². The third-order valence-corrected chi connectivity index (χ3v) is 3.53. The first-order chi connectivity index (χ1) is 13.0. The van der Waals surface area contributed by atoms with E-state index in [1.54, 1.807) is 36.1 Å². The minimum Gasteiger partial charge on any atom is -0.389 e. The quantitative estimate of drug-likeness (QED) is 0.374. The predicted molar refractivity (Wildman–Crippen MR) is 95.8 cm³/mol. The Kier molecular flexibility index (Phi) is 5.30. The van der Waals surface area contributed by atoms with Gasteiger partial charge in [-0.1, -0.05) is 10.4 Å². The Hall–Kier alpha value is -3.89. The maximum atomic E-state index is 10.6. The number of benzene rings is 1. The molecule has 0 saturated heterocycles. The lowest BCUT2D eigenvalue weighted by Crippen LogP contribution is -2.07. The second kappa shape index (κ2) is 7.99. The van der Waals surface area contributed by atoms with E-state index in [9.17, 15) is 10.1 Å². The number of hydrogen-bond acceptors (Lipinski definition) is 9. The Morgan fingerprint density at radius 3 is 2.85 bits per heavy atom. The number of nitrogens with zero attached hydrogens (tertiary/aromatic N) is 7. The van der Waals surface area contributed by atoms with Gasteiger partial charge in [0, 0.05) is 23.9 Å². The highest BCUT2D eigenvalue weighted by atomic mass is 16.6. The third kappa shape index (κ3) is 4.81. The van der Waals surface area contributed by atoms with Crippen LogP contribution in [0.3, 0.4) is 0 Å². The first-order valence-electron chi connectivity index (χ1n) is 7.88. The fourth-order valence-electron chi connectivity index (χ4n) is 2.17. The second-order valence-corrected chi connectivity index (χ2v) is 5.59. The molecule has 3 rings (SSSR count). The third-order valence-electron chi connectivity index (χ3n) is 3.53. The molecule has 2 aromatic heterocycles. The van der Waals surface area contributed by atoms with Gasteiger partial charge in [0.25, 0.3) is 5.69 Å². The minimum atomic E-state index is -0.461. The van der Waals surface area contributed by atoms with Crippen LogP contribution in [0.1, 0.15) is 22.6 Å². The molecular weight excluding hydrogens is 352 g/mol. The number of anilines is 1. The van der Waals surface area contributed by atoms with Gasteiger partial charge in [0.15, 0.2) is 6.61 Å². The molecule has 0 spiro atoms. The van der Waals surface area contributed by atoms with Crippen molar-refractivity contribution in [3.63, 3.8) is 0 Å². The number of nitrogen functional groups attached to an aromatic ring is 1. The summed E-state index contributed by atoms with van der Waals surface area (Å²) in [5.74, 6) is 1.01. The largest absolute Gasteiger partial charge is 0.389 e. The monoisotopic (exact) mass is 368 g/mol. The SMILES string of the molecule is Cc1ncc(Cn2cc(CO/N=C/c3ccc([N+](=O)[O-])cc3)nn2)c(N)n1. The molecule has 0 aliphatic carbocycles. The van der Waals surface area contributed by atoms with Crippen LogP contribution in [0.2, 0.25) is 0 Å². The molecule has 0 fully saturated rings. The number of rotatable bonds is 7. The standard InChI is InChI=1S/C16H16N8O3/c1-11-18-7-13(16(17)20-11)8-23-9-14(21-22-23)10-27-19-6-12-2-4-15(5-3-12)24(25)26/h2-7,9H,8,10H2,1H3,(H2,17,18,20)/b19-6+. The Morgan fingerprint density at radius 2 is 2.15 bits per heavy atom. The smallest absolute Gasteiger partial charge is 0.269 e. The van der Waals surface area contributed by atoms with Crippen LogP contribution in [-0.2, 0) is 18.0 Å². The highest BCUT2D eigenvalue weighted by Gasteiger charge is 2.06. The zero-order valence-corrected chi connectivity index (χ0v) is 14.4. The van der Waals surface area contributed by atoms with Gasteiger partial charge < -0.3 is 10.6 Å². The maximum absolute atomic E-state index is 10.6. The molecule has 0 aliphatic heterocycles. The number of hydrogen-bond donors (Lipinski definition) is 1. The van der Waals surface area contributed by atoms with E-state index < -0.39 is 4.92 Å². The lowest BCUT2D eigenvalue weighted by atomic mass is 10.2. The summed E-state index contributed by atoms with van der Waals surface area (Å²) >= 11 is 0. The summed E-state index contributed by atoms with van der Waals surface area (Å²) in [7, 11) is 0. The van der Waals surface area contributed by atoms with E-state index in [4.69, 9.17) is 10.6 Å². The zero-order chi connectivity index (χ0) is 19.2. The van der Waals surface area contributed by atoms with Gasteiger partial charge in [-0.05, 0) is 24.6 Å². The lowest BCUT2D eigenvalue weighted by Gasteiger charge is -2.04. The van der Waals surface area contributed by atoms with Crippen LogP contribution in [0.5, 0.6) is 0 Å². The fraction of sp³-hybridized carbons (Fsp3) is 0.188. The molecule has 2 N–H and O–H groups in total. The van der Waals surface area contributed by atoms with E-state index in [-0.39, 0.29) is 12.3 Å². The van der Waals surface area contributed by atoms with Crippen LogP contribution >= 0.6 is 0 Å². The summed E-state index contributed by atoms with van der Waals surface area (Å²) in [4.78, 5) is 23.5. The predicted octanol–water partition coefficient (Wildman–Crippen LogP) is 1.47. The summed E-state index contributed by atoms with van der Waals surface area (Å²) in [6.07, 6.45) is 4.82. The Morgan fingerprint density at radius 1 is 1.37 bits per heavy atom. The van der Waals surface area contributed by atoms with Gasteiger partial charge >= 0.3 is 0 Å². The van der Waals surface area contributed by atoms with Crippen molar-refractivity contribution in [1.82, 2.24) is 25.0 Å². The number of aryl methyl sites for hydroxylation is 1. The number of nitro benzene ring substituents is 1. The molecular formula is C16H16N8O3. The van der Waals surface area contributed by atoms with Crippen molar-refractivity contribution in [2.24, 2.45) is 5.16 Å². The maximum Gasteiger partial charge on any atom is 0.269 e. The van der Waals surface area contributed by atoms with E-state index >= 15 is 0 Å². The first-order valence-corrected chi connectivity index (χ1v) is 7.88. The van der Waals surface area contributed by atoms with Gasteiger partial charge in [-0.2, -0.15) is 0 Å². The van der Waals surface area contributed by atoms with Crippen LogP contribution in [0, 0.1) is 17.0 Å². The summed E-state index contributed by atoms with van der Waals surface area (Å²) in [6.45, 7) is 2.29. The lowest BCUT2D eigenvalue weighted by molar-refractivity contribution is -0.384. The number of non-ortho nitro benzene ring substituents is 1. The molecule has 0 radical (unpaired) electrons. The van der Waals surface area contributed by atoms with Crippen LogP contribution in [-0.4, -0.2) is 36.1 Å². The molecule has 0 saturated carbocycles. The average molecular weight is 368 g/mol. The fourth-order valence-corrected chi connectivity index (χ4v) is 2.17. The number of aromatic nitrogens is 5. The van der Waals surface area contributed by atoms with E-state index in [1.807, 2.05) is 0 Å². The summed E-state index contributed by atoms with van der Waals surface area (Å²) in [5.41, 5.74) is 7.89. The van der Waals surface area contributed by atoms with Crippen LogP contribution in [0.15, 0.2) is 41.8 Å². The normalized spacial score (nSPS) is 11.0. The number of oxime groups is 1. The summed E-state index contributed by atoms with van der Waals surface area (Å²) in [6, 6.07) is 5.95. The van der Waals surface area contributed by atoms with E-state index in [2.05, 4.69) is 25.4 Å². The molecule has 138 valence electrons. The molecule has 0 unspecified atom stereocenters. The van der Waals surface area contributed by atoms with E-state index in [1.165, 1.54) is 18.3 Å². The van der Waals surface area contributed by atoms with Crippen molar-refractivity contribution in [2.45, 2.75) is 20.1 Å². The molecule has 0 aliphatic rings. The van der Waals surface area contributed by atoms with Crippen molar-refractivity contribution in [3.05, 3.63) is 69.4 Å². The highest BCUT2D eigenvalue weighted by Crippen LogP contribution is 2.11. The van der Waals surface area contributed by atoms with Crippen molar-refractivity contribution in [3.8, 4) is 0 Å². The second-order valence-electron chi connectivity index (χ2n) is 5.59. The molecule has 11 heteroatoms. The Labute approximate surface area is 153 Å². The van der Waals surface area contributed by atoms with Crippen LogP contribution in [0.25, 0.3) is 0 Å². The molecule has 0 bridgehead atoms. The molecule has 0 atom stereocenters. The van der Waals surface area contributed by atoms with Crippen molar-refractivity contribution in [2.75, 3.05) is 5.73 Å². The average Bonchev–Trinajstić information content (AvgIpc) is 3.09. The van der Waals surface area contributed by atoms with Crippen molar-refractivity contribution < 1.29 is 9.76 Å². The van der Waals surface area contributed by atoms with E-state index in [0.717, 1.165) is 5.56 Å². The number of nitrogens with two attached hydrogens (primary N) is 1. The molecule has 2 heterocycles. The van der Waals surface area contributed by atoms with Crippen molar-refractivity contribution in [1.29, 1.82) is 0 Å². The Balaban J connectivity index is 1.52. The molecule has 3 aromatic rings. The van der Waals surface area contributed by atoms with Crippen LogP contribution in [0.4, 0.5) is 11.5 Å².